The first-order chi connectivity index (χ1) is 17.2. The maximum Gasteiger partial charge on any atom is 0.156 e. The Balaban J connectivity index is 1.62. The summed E-state index contributed by atoms with van der Waals surface area (Å²) in [6.07, 6.45) is 8.32. The summed E-state index contributed by atoms with van der Waals surface area (Å²) in [5, 5.41) is 0.638. The number of hydrogen-bond acceptors (Lipinski definition) is 1. The predicted molar refractivity (Wildman–Crippen MR) is 151 cm³/mol. The summed E-state index contributed by atoms with van der Waals surface area (Å²) >= 11 is 8.90. The molecule has 0 amide bonds. The van der Waals surface area contributed by atoms with Gasteiger partial charge < -0.3 is 4.57 Å². The molecule has 0 N–H and O–H groups in total. The van der Waals surface area contributed by atoms with Crippen LogP contribution in [0.25, 0.3) is 16.8 Å². The number of aromatic nitrogens is 3. The fourth-order valence-corrected chi connectivity index (χ4v) is 5.70. The number of halogens is 2. The molecule has 0 aliphatic rings. The molecule has 0 aliphatic carbocycles. The van der Waals surface area contributed by atoms with Gasteiger partial charge in [-0.05, 0) is 51.4 Å². The molecule has 5 heteroatoms. The Morgan fingerprint density at radius 3 is 1.77 bits per heavy atom. The van der Waals surface area contributed by atoms with Crippen molar-refractivity contribution in [3.63, 3.8) is 0 Å². The van der Waals surface area contributed by atoms with E-state index in [1.54, 1.807) is 0 Å². The molecule has 0 saturated carbocycles. The minimum Gasteiger partial charge on any atom is -0.335 e. The fourth-order valence-electron chi connectivity index (χ4n) is 4.94. The van der Waals surface area contributed by atoms with Gasteiger partial charge in [-0.15, -0.1) is 0 Å². The van der Waals surface area contributed by atoms with Crippen LogP contribution in [0, 0.1) is 3.70 Å². The lowest BCUT2D eigenvalue weighted by atomic mass is 9.77. The smallest absolute Gasteiger partial charge is 0.156 e. The quantitative estimate of drug-likeness (QED) is 0.149. The summed E-state index contributed by atoms with van der Waals surface area (Å²) in [5.74, 6) is 0. The van der Waals surface area contributed by atoms with Crippen LogP contribution < -0.4 is 0 Å². The standard InChI is InChI=1S/C30H21ClIN3/c31-27-18-23(21-35-28(32)19-33-29(27)35)22-16-17-34(20-22)30(24-10-4-1-5-11-24,25-12-6-2-7-13-25)26-14-8-3-9-15-26/h1-21H. The topological polar surface area (TPSA) is 22.2 Å². The van der Waals surface area contributed by atoms with E-state index in [0.717, 1.165) is 20.5 Å². The summed E-state index contributed by atoms with van der Waals surface area (Å²) < 4.78 is 5.38. The van der Waals surface area contributed by atoms with Gasteiger partial charge in [0.15, 0.2) is 5.65 Å². The lowest BCUT2D eigenvalue weighted by Crippen LogP contribution is -2.36. The van der Waals surface area contributed by atoms with Crippen molar-refractivity contribution >= 4 is 39.8 Å². The van der Waals surface area contributed by atoms with Crippen molar-refractivity contribution in [3.8, 4) is 11.1 Å². The molecule has 0 spiro atoms. The molecular weight excluding hydrogens is 565 g/mol. The van der Waals surface area contributed by atoms with Crippen LogP contribution in [0.2, 0.25) is 5.02 Å². The van der Waals surface area contributed by atoms with E-state index in [1.165, 1.54) is 16.7 Å². The van der Waals surface area contributed by atoms with E-state index >= 15 is 0 Å². The second-order valence-electron chi connectivity index (χ2n) is 8.47. The SMILES string of the molecule is Clc1cc(-c2ccn(C(c3ccccc3)(c3ccccc3)c3ccccc3)c2)cn2c(I)cnc12. The first-order valence-corrected chi connectivity index (χ1v) is 12.8. The summed E-state index contributed by atoms with van der Waals surface area (Å²) in [4.78, 5) is 4.43. The Bertz CT molecular complexity index is 1510. The molecule has 0 bridgehead atoms. The van der Waals surface area contributed by atoms with Crippen LogP contribution in [0.5, 0.6) is 0 Å². The normalized spacial score (nSPS) is 11.7. The highest BCUT2D eigenvalue weighted by Crippen LogP contribution is 2.42. The third kappa shape index (κ3) is 3.68. The van der Waals surface area contributed by atoms with Crippen LogP contribution in [-0.2, 0) is 5.54 Å². The highest BCUT2D eigenvalue weighted by molar-refractivity contribution is 14.1. The van der Waals surface area contributed by atoms with Crippen LogP contribution >= 0.6 is 34.2 Å². The summed E-state index contributed by atoms with van der Waals surface area (Å²) in [6.45, 7) is 0. The second kappa shape index (κ2) is 9.02. The van der Waals surface area contributed by atoms with Gasteiger partial charge >= 0.3 is 0 Å². The van der Waals surface area contributed by atoms with E-state index in [0.29, 0.717) is 5.02 Å². The molecule has 6 rings (SSSR count). The van der Waals surface area contributed by atoms with Gasteiger partial charge in [0.2, 0.25) is 0 Å². The van der Waals surface area contributed by atoms with Gasteiger partial charge in [0.05, 0.1) is 11.2 Å². The third-order valence-corrected chi connectivity index (χ3v) is 7.58. The largest absolute Gasteiger partial charge is 0.335 e. The maximum absolute atomic E-state index is 6.62. The van der Waals surface area contributed by atoms with Crippen LogP contribution in [0.4, 0.5) is 0 Å². The van der Waals surface area contributed by atoms with E-state index in [4.69, 9.17) is 11.6 Å². The molecule has 0 saturated heterocycles. The average Bonchev–Trinajstić information content (AvgIpc) is 3.55. The van der Waals surface area contributed by atoms with Crippen molar-refractivity contribution in [1.82, 2.24) is 14.0 Å². The first-order valence-electron chi connectivity index (χ1n) is 11.4. The molecule has 0 fully saturated rings. The Hall–Kier alpha value is -3.35. The molecule has 0 radical (unpaired) electrons. The van der Waals surface area contributed by atoms with Crippen molar-refractivity contribution in [2.75, 3.05) is 0 Å². The van der Waals surface area contributed by atoms with E-state index in [9.17, 15) is 0 Å². The van der Waals surface area contributed by atoms with Crippen LogP contribution in [-0.4, -0.2) is 14.0 Å². The number of rotatable bonds is 5. The zero-order chi connectivity index (χ0) is 23.8. The number of hydrogen-bond donors (Lipinski definition) is 0. The van der Waals surface area contributed by atoms with Gasteiger partial charge in [0, 0.05) is 29.7 Å². The van der Waals surface area contributed by atoms with Crippen molar-refractivity contribution in [1.29, 1.82) is 0 Å². The van der Waals surface area contributed by atoms with E-state index in [2.05, 4.69) is 148 Å². The zero-order valence-electron chi connectivity index (χ0n) is 18.7. The first kappa shape index (κ1) is 22.1. The van der Waals surface area contributed by atoms with Crippen molar-refractivity contribution in [2.24, 2.45) is 0 Å². The van der Waals surface area contributed by atoms with Gasteiger partial charge in [-0.1, -0.05) is 103 Å². The Labute approximate surface area is 222 Å². The molecule has 170 valence electrons. The monoisotopic (exact) mass is 585 g/mol. The molecule has 3 aromatic heterocycles. The number of benzene rings is 3. The second-order valence-corrected chi connectivity index (χ2v) is 9.98. The summed E-state index contributed by atoms with van der Waals surface area (Å²) in [5.41, 5.74) is 5.93. The van der Waals surface area contributed by atoms with Gasteiger partial charge in [0.25, 0.3) is 0 Å². The van der Waals surface area contributed by atoms with Gasteiger partial charge in [-0.2, -0.15) is 0 Å². The lowest BCUT2D eigenvalue weighted by molar-refractivity contribution is 0.518. The minimum atomic E-state index is -0.542. The molecular formula is C30H21ClIN3. The fraction of sp³-hybridized carbons (Fsp3) is 0.0333. The molecule has 3 nitrogen and oxygen atoms in total. The average molecular weight is 586 g/mol. The number of pyridine rings is 1. The molecule has 0 aliphatic heterocycles. The third-order valence-electron chi connectivity index (χ3n) is 6.50. The molecule has 0 atom stereocenters. The van der Waals surface area contributed by atoms with Crippen LogP contribution in [0.15, 0.2) is 128 Å². The van der Waals surface area contributed by atoms with Crippen LogP contribution in [0.3, 0.4) is 0 Å². The van der Waals surface area contributed by atoms with Gasteiger partial charge in [-0.3, -0.25) is 4.40 Å². The summed E-state index contributed by atoms with van der Waals surface area (Å²) in [6, 6.07) is 36.2. The zero-order valence-corrected chi connectivity index (χ0v) is 21.6. The van der Waals surface area contributed by atoms with Crippen molar-refractivity contribution in [3.05, 3.63) is 153 Å². The van der Waals surface area contributed by atoms with Gasteiger partial charge in [0.1, 0.15) is 9.24 Å². The number of imidazole rings is 1. The molecule has 3 heterocycles. The number of nitrogens with zero attached hydrogens (tertiary/aromatic N) is 3. The molecule has 0 unspecified atom stereocenters. The van der Waals surface area contributed by atoms with Crippen molar-refractivity contribution < 1.29 is 0 Å². The lowest BCUT2D eigenvalue weighted by Gasteiger charge is -2.37. The minimum absolute atomic E-state index is 0.542. The highest BCUT2D eigenvalue weighted by atomic mass is 127. The number of fused-ring (bicyclic) bond motifs is 1. The van der Waals surface area contributed by atoms with Crippen LogP contribution in [0.1, 0.15) is 16.7 Å². The maximum atomic E-state index is 6.62. The highest BCUT2D eigenvalue weighted by Gasteiger charge is 2.38. The van der Waals surface area contributed by atoms with Gasteiger partial charge in [-0.25, -0.2) is 4.98 Å². The van der Waals surface area contributed by atoms with E-state index < -0.39 is 5.54 Å². The van der Waals surface area contributed by atoms with Crippen molar-refractivity contribution in [2.45, 2.75) is 5.54 Å². The Morgan fingerprint density at radius 2 is 1.23 bits per heavy atom. The van der Waals surface area contributed by atoms with E-state index in [1.807, 2.05) is 16.7 Å². The van der Waals surface area contributed by atoms with E-state index in [-0.39, 0.29) is 0 Å². The molecule has 6 aromatic rings. The predicted octanol–water partition coefficient (Wildman–Crippen LogP) is 7.90. The Morgan fingerprint density at radius 1 is 0.686 bits per heavy atom. The molecule has 3 aromatic carbocycles. The summed E-state index contributed by atoms with van der Waals surface area (Å²) in [7, 11) is 0. The Kier molecular flexibility index (Phi) is 5.71. The molecule has 35 heavy (non-hydrogen) atoms.